The SMILES string of the molecule is CCCCCCCCCCCCCCCCCCCCC(C)CC. The topological polar surface area (TPSA) is 0 Å². The third-order valence-electron chi connectivity index (χ3n) is 5.75. The van der Waals surface area contributed by atoms with Gasteiger partial charge >= 0.3 is 0 Å². The van der Waals surface area contributed by atoms with Gasteiger partial charge in [-0.2, -0.15) is 0 Å². The van der Waals surface area contributed by atoms with Crippen LogP contribution < -0.4 is 0 Å². The Morgan fingerprint density at radius 3 is 1.00 bits per heavy atom. The molecule has 1 atom stereocenters. The van der Waals surface area contributed by atoms with Gasteiger partial charge in [0.15, 0.2) is 0 Å². The zero-order valence-electron chi connectivity index (χ0n) is 17.7. The van der Waals surface area contributed by atoms with Gasteiger partial charge in [-0.3, -0.25) is 0 Å². The van der Waals surface area contributed by atoms with Gasteiger partial charge in [-0.15, -0.1) is 0 Å². The molecule has 0 aromatic carbocycles. The summed E-state index contributed by atoms with van der Waals surface area (Å²) in [7, 11) is 0. The third-order valence-corrected chi connectivity index (χ3v) is 5.75. The van der Waals surface area contributed by atoms with Gasteiger partial charge in [0.05, 0.1) is 0 Å². The van der Waals surface area contributed by atoms with E-state index in [0.29, 0.717) is 0 Å². The molecule has 0 heteroatoms. The molecular formula is C24H50. The minimum Gasteiger partial charge on any atom is -0.0654 e. The van der Waals surface area contributed by atoms with E-state index in [1.807, 2.05) is 0 Å². The average Bonchev–Trinajstić information content (AvgIpc) is 2.60. The molecule has 0 nitrogen and oxygen atoms in total. The van der Waals surface area contributed by atoms with Crippen LogP contribution in [0.1, 0.15) is 149 Å². The quantitative estimate of drug-likeness (QED) is 0.194. The highest BCUT2D eigenvalue weighted by Crippen LogP contribution is 2.16. The summed E-state index contributed by atoms with van der Waals surface area (Å²) in [6.45, 7) is 7.02. The van der Waals surface area contributed by atoms with Crippen LogP contribution in [0.25, 0.3) is 0 Å². The highest BCUT2D eigenvalue weighted by atomic mass is 14.0. The van der Waals surface area contributed by atoms with Crippen LogP contribution in [0.4, 0.5) is 0 Å². The number of unbranched alkanes of at least 4 members (excludes halogenated alkanes) is 17. The van der Waals surface area contributed by atoms with Gasteiger partial charge in [0.25, 0.3) is 0 Å². The molecule has 0 bridgehead atoms. The van der Waals surface area contributed by atoms with Crippen LogP contribution in [-0.4, -0.2) is 0 Å². The maximum absolute atomic E-state index is 2.40. The van der Waals surface area contributed by atoms with Crippen molar-refractivity contribution < 1.29 is 0 Å². The van der Waals surface area contributed by atoms with Crippen LogP contribution in [0.3, 0.4) is 0 Å². The van der Waals surface area contributed by atoms with Crippen molar-refractivity contribution in [3.8, 4) is 0 Å². The maximum atomic E-state index is 2.40. The van der Waals surface area contributed by atoms with Crippen LogP contribution in [0, 0.1) is 5.92 Å². The number of rotatable bonds is 20. The standard InChI is InChI=1S/C24H50/c1-4-6-7-8-9-10-11-12-13-14-15-16-17-18-19-20-21-22-23-24(3)5-2/h24H,4-23H2,1-3H3. The first kappa shape index (κ1) is 24.0. The van der Waals surface area contributed by atoms with E-state index in [1.165, 1.54) is 128 Å². The second-order valence-corrected chi connectivity index (χ2v) is 8.31. The second kappa shape index (κ2) is 21.0. The van der Waals surface area contributed by atoms with Crippen molar-refractivity contribution in [2.24, 2.45) is 5.92 Å². The molecule has 1 unspecified atom stereocenters. The van der Waals surface area contributed by atoms with Crippen molar-refractivity contribution in [1.82, 2.24) is 0 Å². The fraction of sp³-hybridized carbons (Fsp3) is 1.00. The number of hydrogen-bond acceptors (Lipinski definition) is 0. The number of hydrogen-bond donors (Lipinski definition) is 0. The van der Waals surface area contributed by atoms with E-state index in [-0.39, 0.29) is 0 Å². The van der Waals surface area contributed by atoms with E-state index < -0.39 is 0 Å². The lowest BCUT2D eigenvalue weighted by molar-refractivity contribution is 0.468. The summed E-state index contributed by atoms with van der Waals surface area (Å²) in [6, 6.07) is 0. The summed E-state index contributed by atoms with van der Waals surface area (Å²) >= 11 is 0. The molecule has 0 saturated carbocycles. The Labute approximate surface area is 155 Å². The molecule has 0 saturated heterocycles. The molecule has 146 valence electrons. The Bertz CT molecular complexity index is 208. The molecule has 0 aromatic heterocycles. The summed E-state index contributed by atoms with van der Waals surface area (Å²) in [4.78, 5) is 0. The molecule has 0 aromatic rings. The van der Waals surface area contributed by atoms with Gasteiger partial charge in [-0.1, -0.05) is 149 Å². The minimum absolute atomic E-state index is 0.950. The highest BCUT2D eigenvalue weighted by Gasteiger charge is 1.98. The molecular weight excluding hydrogens is 288 g/mol. The van der Waals surface area contributed by atoms with Crippen molar-refractivity contribution >= 4 is 0 Å². The molecule has 24 heavy (non-hydrogen) atoms. The lowest BCUT2D eigenvalue weighted by Crippen LogP contribution is -1.91. The fourth-order valence-corrected chi connectivity index (χ4v) is 3.60. The lowest BCUT2D eigenvalue weighted by atomic mass is 9.99. The molecule has 0 amide bonds. The Hall–Kier alpha value is 0. The monoisotopic (exact) mass is 338 g/mol. The lowest BCUT2D eigenvalue weighted by Gasteiger charge is -2.07. The van der Waals surface area contributed by atoms with Crippen LogP contribution in [0.2, 0.25) is 0 Å². The first-order chi connectivity index (χ1) is 11.8. The molecule has 0 aliphatic carbocycles. The average molecular weight is 339 g/mol. The molecule has 0 rings (SSSR count). The largest absolute Gasteiger partial charge is 0.0654 e. The van der Waals surface area contributed by atoms with E-state index in [9.17, 15) is 0 Å². The molecule has 0 N–H and O–H groups in total. The van der Waals surface area contributed by atoms with E-state index in [4.69, 9.17) is 0 Å². The summed E-state index contributed by atoms with van der Waals surface area (Å²) in [5.41, 5.74) is 0. The first-order valence-corrected chi connectivity index (χ1v) is 11.8. The molecule has 0 spiro atoms. The molecule has 0 heterocycles. The van der Waals surface area contributed by atoms with Gasteiger partial charge < -0.3 is 0 Å². The van der Waals surface area contributed by atoms with Crippen molar-refractivity contribution in [3.63, 3.8) is 0 Å². The zero-order chi connectivity index (χ0) is 17.7. The normalized spacial score (nSPS) is 12.6. The van der Waals surface area contributed by atoms with E-state index in [2.05, 4.69) is 20.8 Å². The Morgan fingerprint density at radius 2 is 0.708 bits per heavy atom. The summed E-state index contributed by atoms with van der Waals surface area (Å²) in [5.74, 6) is 0.950. The zero-order valence-corrected chi connectivity index (χ0v) is 17.7. The first-order valence-electron chi connectivity index (χ1n) is 11.8. The van der Waals surface area contributed by atoms with E-state index in [1.54, 1.807) is 0 Å². The Kier molecular flexibility index (Phi) is 21.0. The highest BCUT2D eigenvalue weighted by molar-refractivity contribution is 4.53. The van der Waals surface area contributed by atoms with E-state index in [0.717, 1.165) is 5.92 Å². The Morgan fingerprint density at radius 1 is 0.417 bits per heavy atom. The molecule has 0 fully saturated rings. The van der Waals surface area contributed by atoms with Gasteiger partial charge in [-0.05, 0) is 5.92 Å². The van der Waals surface area contributed by atoms with Gasteiger partial charge in [-0.25, -0.2) is 0 Å². The van der Waals surface area contributed by atoms with Crippen LogP contribution in [0.15, 0.2) is 0 Å². The maximum Gasteiger partial charge on any atom is -0.0445 e. The predicted octanol–water partition coefficient (Wildman–Crippen LogP) is 9.46. The van der Waals surface area contributed by atoms with Crippen molar-refractivity contribution in [2.75, 3.05) is 0 Å². The summed E-state index contributed by atoms with van der Waals surface area (Å²) < 4.78 is 0. The minimum atomic E-state index is 0.950. The van der Waals surface area contributed by atoms with Gasteiger partial charge in [0.2, 0.25) is 0 Å². The molecule has 0 aliphatic heterocycles. The van der Waals surface area contributed by atoms with Crippen LogP contribution >= 0.6 is 0 Å². The van der Waals surface area contributed by atoms with Crippen LogP contribution in [0.5, 0.6) is 0 Å². The van der Waals surface area contributed by atoms with Crippen molar-refractivity contribution in [2.45, 2.75) is 149 Å². The van der Waals surface area contributed by atoms with Crippen LogP contribution in [-0.2, 0) is 0 Å². The van der Waals surface area contributed by atoms with Crippen molar-refractivity contribution in [1.29, 1.82) is 0 Å². The predicted molar refractivity (Wildman–Crippen MR) is 113 cm³/mol. The molecule has 0 radical (unpaired) electrons. The summed E-state index contributed by atoms with van der Waals surface area (Å²) in [5, 5.41) is 0. The third kappa shape index (κ3) is 20.0. The fourth-order valence-electron chi connectivity index (χ4n) is 3.60. The smallest absolute Gasteiger partial charge is 0.0445 e. The van der Waals surface area contributed by atoms with Gasteiger partial charge in [0.1, 0.15) is 0 Å². The second-order valence-electron chi connectivity index (χ2n) is 8.31. The van der Waals surface area contributed by atoms with Gasteiger partial charge in [0, 0.05) is 0 Å². The molecule has 0 aliphatic rings. The summed E-state index contributed by atoms with van der Waals surface area (Å²) in [6.07, 6.45) is 29.4. The van der Waals surface area contributed by atoms with E-state index >= 15 is 0 Å². The van der Waals surface area contributed by atoms with Crippen molar-refractivity contribution in [3.05, 3.63) is 0 Å². The Balaban J connectivity index is 2.98.